The summed E-state index contributed by atoms with van der Waals surface area (Å²) >= 11 is 11.7. The van der Waals surface area contributed by atoms with Crippen LogP contribution in [0.15, 0.2) is 18.2 Å². The first-order valence-corrected chi connectivity index (χ1v) is 5.81. The van der Waals surface area contributed by atoms with Gasteiger partial charge in [0.25, 0.3) is 0 Å². The van der Waals surface area contributed by atoms with Gasteiger partial charge in [0.1, 0.15) is 6.04 Å². The fraction of sp³-hybridized carbons (Fsp3) is 0.273. The molecule has 0 radical (unpaired) electrons. The average molecular weight is 273 g/mol. The van der Waals surface area contributed by atoms with Gasteiger partial charge in [-0.3, -0.25) is 14.5 Å². The highest BCUT2D eigenvalue weighted by atomic mass is 35.5. The molecule has 2 amide bonds. The lowest BCUT2D eigenvalue weighted by Crippen LogP contribution is -2.57. The summed E-state index contributed by atoms with van der Waals surface area (Å²) in [4.78, 5) is 24.7. The van der Waals surface area contributed by atoms with E-state index in [2.05, 4.69) is 5.32 Å². The number of amides is 2. The number of benzene rings is 1. The Morgan fingerprint density at radius 3 is 2.65 bits per heavy atom. The van der Waals surface area contributed by atoms with Gasteiger partial charge in [0.2, 0.25) is 11.8 Å². The summed E-state index contributed by atoms with van der Waals surface area (Å²) in [6, 6.07) is 4.30. The molecule has 1 aliphatic rings. The Hall–Kier alpha value is -1.26. The molecule has 0 aromatic heterocycles. The largest absolute Gasteiger partial charge is 0.345 e. The van der Waals surface area contributed by atoms with Crippen molar-refractivity contribution in [2.45, 2.75) is 13.0 Å². The minimum Gasteiger partial charge on any atom is -0.345 e. The zero-order valence-corrected chi connectivity index (χ0v) is 10.5. The zero-order valence-electron chi connectivity index (χ0n) is 9.04. The molecule has 2 rings (SSSR count). The highest BCUT2D eigenvalue weighted by Gasteiger charge is 2.32. The lowest BCUT2D eigenvalue weighted by atomic mass is 10.1. The topological polar surface area (TPSA) is 49.4 Å². The Balaban J connectivity index is 2.39. The van der Waals surface area contributed by atoms with Crippen molar-refractivity contribution in [3.63, 3.8) is 0 Å². The molecule has 0 bridgehead atoms. The van der Waals surface area contributed by atoms with E-state index in [4.69, 9.17) is 23.2 Å². The van der Waals surface area contributed by atoms with Gasteiger partial charge in [0, 0.05) is 5.69 Å². The molecule has 0 saturated carbocycles. The lowest BCUT2D eigenvalue weighted by Gasteiger charge is -2.32. The summed E-state index contributed by atoms with van der Waals surface area (Å²) < 4.78 is 0. The van der Waals surface area contributed by atoms with Crippen molar-refractivity contribution in [3.8, 4) is 0 Å². The molecular weight excluding hydrogens is 263 g/mol. The van der Waals surface area contributed by atoms with Gasteiger partial charge in [-0.2, -0.15) is 0 Å². The van der Waals surface area contributed by atoms with Crippen LogP contribution in [0.3, 0.4) is 0 Å². The Kier molecular flexibility index (Phi) is 3.26. The number of nitrogens with zero attached hydrogens (tertiary/aromatic N) is 1. The molecule has 1 unspecified atom stereocenters. The molecule has 0 spiro atoms. The summed E-state index contributed by atoms with van der Waals surface area (Å²) in [5.74, 6) is -0.355. The van der Waals surface area contributed by atoms with E-state index in [9.17, 15) is 9.59 Å². The SMILES string of the molecule is CC1C(=O)NCC(=O)N1c1ccc(Cl)c(Cl)c1. The van der Waals surface area contributed by atoms with Crippen LogP contribution in [0.5, 0.6) is 0 Å². The second kappa shape index (κ2) is 4.55. The first-order valence-electron chi connectivity index (χ1n) is 5.05. The summed E-state index contributed by atoms with van der Waals surface area (Å²) in [6.45, 7) is 1.67. The smallest absolute Gasteiger partial charge is 0.247 e. The van der Waals surface area contributed by atoms with Crippen molar-refractivity contribution in [3.05, 3.63) is 28.2 Å². The number of anilines is 1. The van der Waals surface area contributed by atoms with Gasteiger partial charge in [-0.25, -0.2) is 0 Å². The van der Waals surface area contributed by atoms with Crippen molar-refractivity contribution < 1.29 is 9.59 Å². The quantitative estimate of drug-likeness (QED) is 0.848. The normalized spacial score (nSPS) is 20.4. The Bertz CT molecular complexity index is 490. The van der Waals surface area contributed by atoms with Crippen molar-refractivity contribution in [2.75, 3.05) is 11.4 Å². The van der Waals surface area contributed by atoms with Crippen LogP contribution in [0.1, 0.15) is 6.92 Å². The predicted molar refractivity (Wildman–Crippen MR) is 66.4 cm³/mol. The Labute approximate surface area is 108 Å². The number of hydrogen-bond acceptors (Lipinski definition) is 2. The molecule has 4 nitrogen and oxygen atoms in total. The lowest BCUT2D eigenvalue weighted by molar-refractivity contribution is -0.130. The van der Waals surface area contributed by atoms with Crippen LogP contribution in [0, 0.1) is 0 Å². The fourth-order valence-corrected chi connectivity index (χ4v) is 2.02. The minimum absolute atomic E-state index is 0.00339. The number of halogens is 2. The van der Waals surface area contributed by atoms with Gasteiger partial charge in [-0.05, 0) is 25.1 Å². The van der Waals surface area contributed by atoms with Gasteiger partial charge in [0.05, 0.1) is 16.6 Å². The number of piperazine rings is 1. The highest BCUT2D eigenvalue weighted by molar-refractivity contribution is 6.42. The van der Waals surface area contributed by atoms with Crippen LogP contribution in [-0.2, 0) is 9.59 Å². The third kappa shape index (κ3) is 2.23. The van der Waals surface area contributed by atoms with Gasteiger partial charge in [0.15, 0.2) is 0 Å². The second-order valence-corrected chi connectivity index (χ2v) is 4.57. The minimum atomic E-state index is -0.548. The third-order valence-corrected chi connectivity index (χ3v) is 3.37. The number of carbonyl (C=O) groups is 2. The molecule has 90 valence electrons. The van der Waals surface area contributed by atoms with Crippen molar-refractivity contribution >= 4 is 40.7 Å². The van der Waals surface area contributed by atoms with Gasteiger partial charge in [-0.1, -0.05) is 23.2 Å². The van der Waals surface area contributed by atoms with E-state index in [0.717, 1.165) is 0 Å². The van der Waals surface area contributed by atoms with E-state index in [0.29, 0.717) is 15.7 Å². The Morgan fingerprint density at radius 1 is 1.29 bits per heavy atom. The summed E-state index contributed by atoms with van der Waals surface area (Å²) in [5, 5.41) is 3.29. The molecule has 1 fully saturated rings. The van der Waals surface area contributed by atoms with Gasteiger partial charge >= 0.3 is 0 Å². The van der Waals surface area contributed by atoms with E-state index in [1.807, 2.05) is 0 Å². The van der Waals surface area contributed by atoms with E-state index in [1.165, 1.54) is 4.90 Å². The Morgan fingerprint density at radius 2 is 2.00 bits per heavy atom. The van der Waals surface area contributed by atoms with Crippen LogP contribution in [0.4, 0.5) is 5.69 Å². The zero-order chi connectivity index (χ0) is 12.6. The molecule has 17 heavy (non-hydrogen) atoms. The van der Waals surface area contributed by atoms with E-state index >= 15 is 0 Å². The maximum atomic E-state index is 11.8. The fourth-order valence-electron chi connectivity index (χ4n) is 1.73. The molecule has 1 saturated heterocycles. The molecule has 1 aromatic carbocycles. The molecule has 6 heteroatoms. The standard InChI is InChI=1S/C11H10Cl2N2O2/c1-6-11(17)14-5-10(16)15(6)7-2-3-8(12)9(13)4-7/h2-4,6H,5H2,1H3,(H,14,17). The summed E-state index contributed by atoms with van der Waals surface area (Å²) in [6.07, 6.45) is 0. The second-order valence-electron chi connectivity index (χ2n) is 3.76. The number of hydrogen-bond donors (Lipinski definition) is 1. The molecule has 0 aliphatic carbocycles. The van der Waals surface area contributed by atoms with Crippen LogP contribution in [0.25, 0.3) is 0 Å². The van der Waals surface area contributed by atoms with E-state index in [1.54, 1.807) is 25.1 Å². The van der Waals surface area contributed by atoms with E-state index < -0.39 is 6.04 Å². The maximum Gasteiger partial charge on any atom is 0.247 e. The van der Waals surface area contributed by atoms with Gasteiger partial charge in [-0.15, -0.1) is 0 Å². The van der Waals surface area contributed by atoms with Crippen LogP contribution < -0.4 is 10.2 Å². The average Bonchev–Trinajstić information content (AvgIpc) is 2.29. The number of nitrogens with one attached hydrogen (secondary N) is 1. The van der Waals surface area contributed by atoms with Gasteiger partial charge < -0.3 is 5.32 Å². The summed E-state index contributed by atoms with van der Waals surface area (Å²) in [7, 11) is 0. The number of rotatable bonds is 1. The van der Waals surface area contributed by atoms with Crippen molar-refractivity contribution in [1.82, 2.24) is 5.32 Å². The predicted octanol–water partition coefficient (Wildman–Crippen LogP) is 1.84. The molecule has 1 aliphatic heterocycles. The van der Waals surface area contributed by atoms with Crippen LogP contribution in [0.2, 0.25) is 10.0 Å². The summed E-state index contributed by atoms with van der Waals surface area (Å²) in [5.41, 5.74) is 0.576. The van der Waals surface area contributed by atoms with Crippen LogP contribution >= 0.6 is 23.2 Å². The van der Waals surface area contributed by atoms with Crippen molar-refractivity contribution in [2.24, 2.45) is 0 Å². The van der Waals surface area contributed by atoms with Crippen molar-refractivity contribution in [1.29, 1.82) is 0 Å². The highest BCUT2D eigenvalue weighted by Crippen LogP contribution is 2.28. The first-order chi connectivity index (χ1) is 8.00. The third-order valence-electron chi connectivity index (χ3n) is 2.63. The van der Waals surface area contributed by atoms with E-state index in [-0.39, 0.29) is 18.4 Å². The molecular formula is C11H10Cl2N2O2. The van der Waals surface area contributed by atoms with Crippen LogP contribution in [-0.4, -0.2) is 24.4 Å². The number of carbonyl (C=O) groups excluding carboxylic acids is 2. The molecule has 1 N–H and O–H groups in total. The first kappa shape index (κ1) is 12.2. The molecule has 1 atom stereocenters. The molecule has 1 aromatic rings. The maximum absolute atomic E-state index is 11.8. The molecule has 1 heterocycles. The monoisotopic (exact) mass is 272 g/mol.